The predicted molar refractivity (Wildman–Crippen MR) is 99.5 cm³/mol. The van der Waals surface area contributed by atoms with Crippen molar-refractivity contribution in [2.75, 3.05) is 0 Å². The van der Waals surface area contributed by atoms with Crippen molar-refractivity contribution in [1.82, 2.24) is 0 Å². The van der Waals surface area contributed by atoms with Gasteiger partial charge in [0, 0.05) is 11.8 Å². The Morgan fingerprint density at radius 2 is 2.16 bits per heavy atom. The van der Waals surface area contributed by atoms with E-state index >= 15 is 0 Å². The summed E-state index contributed by atoms with van der Waals surface area (Å²) >= 11 is 0. The third-order valence-electron chi connectivity index (χ3n) is 7.55. The maximum absolute atomic E-state index is 11.8. The average molecular weight is 336 g/mol. The summed E-state index contributed by atoms with van der Waals surface area (Å²) in [6.45, 7) is 8.48. The van der Waals surface area contributed by atoms with Crippen molar-refractivity contribution in [2.24, 2.45) is 29.1 Å². The van der Waals surface area contributed by atoms with Gasteiger partial charge in [0.05, 0.1) is 0 Å². The molecule has 0 aromatic rings. The van der Waals surface area contributed by atoms with Gasteiger partial charge in [0.2, 0.25) is 0 Å². The number of carbonyl (C=O) groups is 1. The van der Waals surface area contributed by atoms with Gasteiger partial charge in [-0.05, 0) is 74.9 Å². The Balaban J connectivity index is 1.75. The van der Waals surface area contributed by atoms with Crippen LogP contribution in [0, 0.1) is 40.9 Å². The van der Waals surface area contributed by atoms with Crippen LogP contribution < -0.4 is 0 Å². The van der Waals surface area contributed by atoms with Crippen LogP contribution in [0.2, 0.25) is 0 Å². The fourth-order valence-electron chi connectivity index (χ4n) is 6.50. The number of carbonyl (C=O) groups excluding carboxylic acids is 1. The monoisotopic (exact) mass is 336 g/mol. The van der Waals surface area contributed by atoms with E-state index < -0.39 is 5.60 Å². The molecule has 4 aliphatic carbocycles. The second-order valence-corrected chi connectivity index (χ2v) is 8.43. The van der Waals surface area contributed by atoms with E-state index in [1.165, 1.54) is 11.1 Å². The number of allylic oxidation sites excluding steroid dienone is 4. The van der Waals surface area contributed by atoms with Gasteiger partial charge in [0.15, 0.2) is 11.4 Å². The molecule has 4 aliphatic rings. The Kier molecular flexibility index (Phi) is 3.85. The molecule has 0 aromatic heterocycles. The maximum Gasteiger partial charge on any atom is 0.155 e. The van der Waals surface area contributed by atoms with Crippen LogP contribution in [0.4, 0.5) is 0 Å². The molecule has 4 rings (SSSR count). The van der Waals surface area contributed by atoms with Gasteiger partial charge in [-0.25, -0.2) is 0 Å². The highest BCUT2D eigenvalue weighted by Gasteiger charge is 2.62. The largest absolute Gasteiger partial charge is 0.373 e. The SMILES string of the molecule is C=C1C[C@@]2(CC)[C@@H](C=C[C@@]2(O)C#CC)[C@@H]2CCC3=CC(=O)CC[C@@H]3[C@@H]12. The van der Waals surface area contributed by atoms with Crippen LogP contribution in [-0.4, -0.2) is 16.5 Å². The quantitative estimate of drug-likeness (QED) is 0.575. The second kappa shape index (κ2) is 5.71. The fourth-order valence-corrected chi connectivity index (χ4v) is 6.50. The zero-order valence-electron chi connectivity index (χ0n) is 15.3. The Hall–Kier alpha value is -1.59. The summed E-state index contributed by atoms with van der Waals surface area (Å²) in [6.07, 6.45) is 11.6. The summed E-state index contributed by atoms with van der Waals surface area (Å²) in [5.74, 6) is 8.17. The first-order valence-electron chi connectivity index (χ1n) is 9.72. The molecule has 2 heteroatoms. The summed E-state index contributed by atoms with van der Waals surface area (Å²) < 4.78 is 0. The number of fused-ring (bicyclic) bond motifs is 5. The van der Waals surface area contributed by atoms with Crippen molar-refractivity contribution in [3.05, 3.63) is 36.0 Å². The molecule has 0 spiro atoms. The molecule has 2 saturated carbocycles. The summed E-state index contributed by atoms with van der Waals surface area (Å²) in [5, 5.41) is 11.4. The Bertz CT molecular complexity index is 746. The maximum atomic E-state index is 11.8. The lowest BCUT2D eigenvalue weighted by Crippen LogP contribution is -2.54. The first-order valence-corrected chi connectivity index (χ1v) is 9.72. The molecule has 1 N–H and O–H groups in total. The summed E-state index contributed by atoms with van der Waals surface area (Å²) in [5.41, 5.74) is 1.36. The molecule has 132 valence electrons. The van der Waals surface area contributed by atoms with Crippen molar-refractivity contribution in [2.45, 2.75) is 58.0 Å². The summed E-state index contributed by atoms with van der Waals surface area (Å²) in [6, 6.07) is 0. The zero-order chi connectivity index (χ0) is 17.8. The minimum atomic E-state index is -1.03. The number of ketones is 1. The minimum Gasteiger partial charge on any atom is -0.373 e. The predicted octanol–water partition coefficient (Wildman–Crippen LogP) is 4.21. The van der Waals surface area contributed by atoms with Gasteiger partial charge in [-0.1, -0.05) is 36.6 Å². The number of hydrogen-bond donors (Lipinski definition) is 1. The fraction of sp³-hybridized carbons (Fsp3) is 0.609. The van der Waals surface area contributed by atoms with Gasteiger partial charge in [-0.3, -0.25) is 4.79 Å². The Labute approximate surface area is 151 Å². The molecule has 0 unspecified atom stereocenters. The third kappa shape index (κ3) is 2.18. The molecule has 2 nitrogen and oxygen atoms in total. The lowest BCUT2D eigenvalue weighted by molar-refractivity contribution is -0.116. The topological polar surface area (TPSA) is 37.3 Å². The molecule has 0 amide bonds. The van der Waals surface area contributed by atoms with Crippen molar-refractivity contribution in [3.8, 4) is 11.8 Å². The number of rotatable bonds is 1. The lowest BCUT2D eigenvalue weighted by atomic mass is 9.48. The molecular weight excluding hydrogens is 308 g/mol. The highest BCUT2D eigenvalue weighted by atomic mass is 16.3. The van der Waals surface area contributed by atoms with E-state index in [9.17, 15) is 9.90 Å². The van der Waals surface area contributed by atoms with E-state index in [0.29, 0.717) is 35.9 Å². The molecule has 0 aliphatic heterocycles. The second-order valence-electron chi connectivity index (χ2n) is 8.43. The minimum absolute atomic E-state index is 0.236. The van der Waals surface area contributed by atoms with E-state index in [1.54, 1.807) is 6.92 Å². The first kappa shape index (κ1) is 16.9. The Morgan fingerprint density at radius 1 is 1.36 bits per heavy atom. The van der Waals surface area contributed by atoms with Crippen molar-refractivity contribution in [3.63, 3.8) is 0 Å². The van der Waals surface area contributed by atoms with Crippen LogP contribution in [0.5, 0.6) is 0 Å². The molecule has 0 radical (unpaired) electrons. The van der Waals surface area contributed by atoms with E-state index in [1.807, 2.05) is 12.2 Å². The highest BCUT2D eigenvalue weighted by Crippen LogP contribution is 2.65. The highest BCUT2D eigenvalue weighted by molar-refractivity contribution is 5.91. The van der Waals surface area contributed by atoms with Crippen molar-refractivity contribution >= 4 is 5.78 Å². The lowest BCUT2D eigenvalue weighted by Gasteiger charge is -2.56. The standard InChI is InChI=1S/C23H28O2/c1-4-11-23(25)12-10-20-19-8-6-16-13-17(24)7-9-18(16)21(19)15(3)14-22(20,23)5-2/h10,12-13,18-21,25H,3,5-9,14H2,1-2H3/t18-,19-,20-,21+,22-,23-/m0/s1. The van der Waals surface area contributed by atoms with Crippen molar-refractivity contribution < 1.29 is 9.90 Å². The molecule has 2 fully saturated rings. The van der Waals surface area contributed by atoms with Gasteiger partial charge < -0.3 is 5.11 Å². The first-order chi connectivity index (χ1) is 12.0. The molecule has 6 atom stereocenters. The molecule has 0 aromatic carbocycles. The normalized spacial score (nSPS) is 45.0. The van der Waals surface area contributed by atoms with Gasteiger partial charge in [-0.15, -0.1) is 5.92 Å². The van der Waals surface area contributed by atoms with Crippen LogP contribution in [0.15, 0.2) is 36.0 Å². The van der Waals surface area contributed by atoms with Gasteiger partial charge >= 0.3 is 0 Å². The van der Waals surface area contributed by atoms with Gasteiger partial charge in [-0.2, -0.15) is 0 Å². The molecule has 0 heterocycles. The smallest absolute Gasteiger partial charge is 0.155 e. The number of aliphatic hydroxyl groups is 1. The Morgan fingerprint density at radius 3 is 2.88 bits per heavy atom. The molecule has 0 bridgehead atoms. The number of hydrogen-bond acceptors (Lipinski definition) is 2. The molecule has 0 saturated heterocycles. The summed E-state index contributed by atoms with van der Waals surface area (Å²) in [4.78, 5) is 11.8. The molecule has 25 heavy (non-hydrogen) atoms. The van der Waals surface area contributed by atoms with E-state index in [4.69, 9.17) is 0 Å². The van der Waals surface area contributed by atoms with Gasteiger partial charge in [0.1, 0.15) is 0 Å². The van der Waals surface area contributed by atoms with E-state index in [-0.39, 0.29) is 5.41 Å². The van der Waals surface area contributed by atoms with Crippen LogP contribution in [0.3, 0.4) is 0 Å². The van der Waals surface area contributed by atoms with Gasteiger partial charge in [0.25, 0.3) is 0 Å². The third-order valence-corrected chi connectivity index (χ3v) is 7.55. The van der Waals surface area contributed by atoms with E-state index in [0.717, 1.165) is 32.1 Å². The van der Waals surface area contributed by atoms with Crippen LogP contribution in [0.25, 0.3) is 0 Å². The van der Waals surface area contributed by atoms with Crippen molar-refractivity contribution in [1.29, 1.82) is 0 Å². The summed E-state index contributed by atoms with van der Waals surface area (Å²) in [7, 11) is 0. The average Bonchev–Trinajstić information content (AvgIpc) is 2.87. The van der Waals surface area contributed by atoms with Crippen LogP contribution in [-0.2, 0) is 4.79 Å². The molecular formula is C23H28O2. The van der Waals surface area contributed by atoms with E-state index in [2.05, 4.69) is 31.4 Å². The zero-order valence-corrected chi connectivity index (χ0v) is 15.3. The van der Waals surface area contributed by atoms with Crippen LogP contribution in [0.1, 0.15) is 52.4 Å². The van der Waals surface area contributed by atoms with Crippen LogP contribution >= 0.6 is 0 Å².